The number of rotatable bonds is 6. The Morgan fingerprint density at radius 3 is 2.00 bits per heavy atom. The minimum atomic E-state index is -1.10. The van der Waals surface area contributed by atoms with Crippen molar-refractivity contribution in [2.45, 2.75) is 82.5 Å². The number of ether oxygens (including phenoxy) is 7. The summed E-state index contributed by atoms with van der Waals surface area (Å²) in [7, 11) is 2.84. The van der Waals surface area contributed by atoms with Gasteiger partial charge in [0.2, 0.25) is 0 Å². The molecule has 6 atom stereocenters. The smallest absolute Gasteiger partial charge is 0.278 e. The first-order valence-electron chi connectivity index (χ1n) is 10.4. The number of hydrogen-bond donors (Lipinski definition) is 1. The number of aliphatic hydroxyl groups excluding tert-OH is 1. The molecule has 178 valence electrons. The van der Waals surface area contributed by atoms with Gasteiger partial charge >= 0.3 is 0 Å². The summed E-state index contributed by atoms with van der Waals surface area (Å²) in [6, 6.07) is 2.77. The predicted octanol–water partition coefficient (Wildman–Crippen LogP) is 1.91. The molecular weight excluding hydrogens is 426 g/mol. The van der Waals surface area contributed by atoms with Gasteiger partial charge in [0.15, 0.2) is 23.1 Å². The van der Waals surface area contributed by atoms with Gasteiger partial charge < -0.3 is 38.3 Å². The second-order valence-corrected chi connectivity index (χ2v) is 8.99. The third-order valence-electron chi connectivity index (χ3n) is 5.86. The van der Waals surface area contributed by atoms with E-state index < -0.39 is 53.1 Å². The molecule has 0 aromatic heterocycles. The van der Waals surface area contributed by atoms with Crippen LogP contribution in [-0.4, -0.2) is 72.4 Å². The maximum atomic E-state index is 11.6. The van der Waals surface area contributed by atoms with Gasteiger partial charge in [-0.15, -0.1) is 0 Å². The number of methoxy groups -OCH3 is 2. The summed E-state index contributed by atoms with van der Waals surface area (Å²) in [5.41, 5.74) is 0.0773. The summed E-state index contributed by atoms with van der Waals surface area (Å²) in [5, 5.41) is 22.7. The van der Waals surface area contributed by atoms with E-state index in [2.05, 4.69) is 0 Å². The average Bonchev–Trinajstić information content (AvgIpc) is 3.22. The molecule has 32 heavy (non-hydrogen) atoms. The third kappa shape index (κ3) is 4.04. The Morgan fingerprint density at radius 2 is 1.44 bits per heavy atom. The summed E-state index contributed by atoms with van der Waals surface area (Å²) < 4.78 is 40.5. The van der Waals surface area contributed by atoms with Crippen LogP contribution in [0.1, 0.15) is 33.3 Å². The fourth-order valence-corrected chi connectivity index (χ4v) is 4.62. The van der Waals surface area contributed by atoms with Crippen LogP contribution < -0.4 is 9.47 Å². The first-order valence-corrected chi connectivity index (χ1v) is 10.4. The van der Waals surface area contributed by atoms with Gasteiger partial charge in [-0.3, -0.25) is 10.1 Å². The van der Waals surface area contributed by atoms with Gasteiger partial charge in [-0.25, -0.2) is 0 Å². The van der Waals surface area contributed by atoms with E-state index in [9.17, 15) is 15.2 Å². The summed E-state index contributed by atoms with van der Waals surface area (Å²) in [5.74, 6) is -1.27. The Kier molecular flexibility index (Phi) is 5.85. The number of benzene rings is 1. The molecule has 0 radical (unpaired) electrons. The van der Waals surface area contributed by atoms with Crippen LogP contribution in [0.5, 0.6) is 11.5 Å². The van der Waals surface area contributed by atoms with Gasteiger partial charge in [0, 0.05) is 0 Å². The standard InChI is InChI=1S/C21H29NO10/c1-20(2)29-16-14(23)15(17-19(18(16)31-20)32-21(3,4)30-17)28-9-10-7-12(26-5)13(27-6)8-11(10)22(24)25/h7-8,14-19,23H,9H2,1-6H3/t14-,15-,16-,17+,18-,19-/m1/s1. The zero-order chi connectivity index (χ0) is 23.4. The molecule has 1 aliphatic carbocycles. The number of hydrogen-bond acceptors (Lipinski definition) is 10. The molecule has 11 nitrogen and oxygen atoms in total. The van der Waals surface area contributed by atoms with Gasteiger partial charge in [0.1, 0.15) is 36.6 Å². The molecule has 1 aromatic carbocycles. The lowest BCUT2D eigenvalue weighted by Crippen LogP contribution is -2.62. The van der Waals surface area contributed by atoms with Gasteiger partial charge in [0.25, 0.3) is 5.69 Å². The molecule has 0 bridgehead atoms. The van der Waals surface area contributed by atoms with Crippen molar-refractivity contribution in [2.75, 3.05) is 14.2 Å². The Bertz CT molecular complexity index is 888. The van der Waals surface area contributed by atoms with Crippen LogP contribution in [0, 0.1) is 10.1 Å². The largest absolute Gasteiger partial charge is 0.493 e. The highest BCUT2D eigenvalue weighted by atomic mass is 16.8. The molecule has 1 N–H and O–H groups in total. The molecular formula is C21H29NO10. The lowest BCUT2D eigenvalue weighted by Gasteiger charge is -2.40. The van der Waals surface area contributed by atoms with Crippen LogP contribution in [0.15, 0.2) is 12.1 Å². The van der Waals surface area contributed by atoms with Crippen LogP contribution in [-0.2, 0) is 30.3 Å². The highest BCUT2D eigenvalue weighted by Crippen LogP contribution is 2.46. The molecule has 2 saturated heterocycles. The lowest BCUT2D eigenvalue weighted by molar-refractivity contribution is -0.386. The number of nitro benzene ring substituents is 1. The second-order valence-electron chi connectivity index (χ2n) is 8.99. The van der Waals surface area contributed by atoms with Crippen LogP contribution in [0.2, 0.25) is 0 Å². The molecule has 3 aliphatic rings. The van der Waals surface area contributed by atoms with Gasteiger partial charge in [-0.1, -0.05) is 0 Å². The topological polar surface area (TPSA) is 128 Å². The van der Waals surface area contributed by atoms with E-state index in [1.165, 1.54) is 26.4 Å². The average molecular weight is 455 g/mol. The summed E-state index contributed by atoms with van der Waals surface area (Å²) in [4.78, 5) is 11.1. The molecule has 11 heteroatoms. The summed E-state index contributed by atoms with van der Waals surface area (Å²) in [6.45, 7) is 6.88. The van der Waals surface area contributed by atoms with E-state index >= 15 is 0 Å². The molecule has 1 saturated carbocycles. The Labute approximate surface area is 185 Å². The van der Waals surface area contributed by atoms with Crippen LogP contribution >= 0.6 is 0 Å². The zero-order valence-electron chi connectivity index (χ0n) is 18.9. The van der Waals surface area contributed by atoms with Gasteiger partial charge in [-0.05, 0) is 33.8 Å². The van der Waals surface area contributed by atoms with Gasteiger partial charge in [0.05, 0.1) is 37.4 Å². The highest BCUT2D eigenvalue weighted by molar-refractivity contribution is 5.54. The van der Waals surface area contributed by atoms with Crippen LogP contribution in [0.4, 0.5) is 5.69 Å². The highest BCUT2D eigenvalue weighted by Gasteiger charge is 2.63. The number of nitro groups is 1. The van der Waals surface area contributed by atoms with Crippen LogP contribution in [0.25, 0.3) is 0 Å². The summed E-state index contributed by atoms with van der Waals surface area (Å²) >= 11 is 0. The van der Waals surface area contributed by atoms with Gasteiger partial charge in [-0.2, -0.15) is 0 Å². The first-order chi connectivity index (χ1) is 15.0. The minimum Gasteiger partial charge on any atom is -0.493 e. The second kappa shape index (κ2) is 8.08. The van der Waals surface area contributed by atoms with Crippen molar-refractivity contribution < 1.29 is 43.2 Å². The van der Waals surface area contributed by atoms with E-state index in [1.54, 1.807) is 27.7 Å². The zero-order valence-corrected chi connectivity index (χ0v) is 18.9. The predicted molar refractivity (Wildman–Crippen MR) is 108 cm³/mol. The van der Waals surface area contributed by atoms with E-state index in [4.69, 9.17) is 33.2 Å². The molecule has 2 aliphatic heterocycles. The monoisotopic (exact) mass is 455 g/mol. The number of aliphatic hydroxyl groups is 1. The molecule has 0 spiro atoms. The third-order valence-corrected chi connectivity index (χ3v) is 5.86. The van der Waals surface area contributed by atoms with Crippen molar-refractivity contribution >= 4 is 5.69 Å². The normalized spacial score (nSPS) is 34.6. The van der Waals surface area contributed by atoms with E-state index in [-0.39, 0.29) is 23.6 Å². The first kappa shape index (κ1) is 23.1. The maximum absolute atomic E-state index is 11.6. The number of nitrogens with zero attached hydrogens (tertiary/aromatic N) is 1. The number of fused-ring (bicyclic) bond motifs is 3. The summed E-state index contributed by atoms with van der Waals surface area (Å²) in [6.07, 6.45) is -4.40. The van der Waals surface area contributed by atoms with Crippen molar-refractivity contribution in [1.82, 2.24) is 0 Å². The van der Waals surface area contributed by atoms with Crippen molar-refractivity contribution in [3.8, 4) is 11.5 Å². The fourth-order valence-electron chi connectivity index (χ4n) is 4.62. The van der Waals surface area contributed by atoms with Crippen LogP contribution in [0.3, 0.4) is 0 Å². The van der Waals surface area contributed by atoms with Crippen molar-refractivity contribution in [2.24, 2.45) is 0 Å². The van der Waals surface area contributed by atoms with E-state index in [1.807, 2.05) is 0 Å². The Morgan fingerprint density at radius 1 is 0.938 bits per heavy atom. The molecule has 1 aromatic rings. The molecule has 4 rings (SSSR count). The molecule has 2 heterocycles. The van der Waals surface area contributed by atoms with Crippen molar-refractivity contribution in [1.29, 1.82) is 0 Å². The van der Waals surface area contributed by atoms with E-state index in [0.29, 0.717) is 5.75 Å². The molecule has 0 amide bonds. The SMILES string of the molecule is COc1cc(CO[C@@H]2[C@@H](O)[C@H]3OC(C)(C)O[C@H]3[C@@H]3OC(C)(C)O[C@H]32)c([N+](=O)[O-])cc1OC. The lowest BCUT2D eigenvalue weighted by atomic mass is 9.85. The Balaban J connectivity index is 1.62. The van der Waals surface area contributed by atoms with E-state index in [0.717, 1.165) is 0 Å². The fraction of sp³-hybridized carbons (Fsp3) is 0.714. The molecule has 3 fully saturated rings. The minimum absolute atomic E-state index is 0.174. The quantitative estimate of drug-likeness (QED) is 0.502. The Hall–Kier alpha value is -2.02. The maximum Gasteiger partial charge on any atom is 0.278 e. The van der Waals surface area contributed by atoms with Crippen molar-refractivity contribution in [3.63, 3.8) is 0 Å². The molecule has 0 unspecified atom stereocenters. The van der Waals surface area contributed by atoms with Crippen molar-refractivity contribution in [3.05, 3.63) is 27.8 Å².